The van der Waals surface area contributed by atoms with E-state index in [2.05, 4.69) is 5.16 Å². The highest BCUT2D eigenvalue weighted by atomic mass is 16.6. The molecule has 3 aromatic rings. The Labute approximate surface area is 248 Å². The summed E-state index contributed by atoms with van der Waals surface area (Å²) in [7, 11) is 0. The first-order valence-corrected chi connectivity index (χ1v) is 14.4. The lowest BCUT2D eigenvalue weighted by Gasteiger charge is -2.45. The van der Waals surface area contributed by atoms with Crippen LogP contribution < -0.4 is 9.64 Å². The highest BCUT2D eigenvalue weighted by Crippen LogP contribution is 2.50. The molecule has 0 unspecified atom stereocenters. The number of oxime groups is 1. The molecule has 3 fully saturated rings. The number of carbonyl (C=O) groups excluding carboxylic acids is 2. The monoisotopic (exact) mass is 590 g/mol. The summed E-state index contributed by atoms with van der Waals surface area (Å²) in [5.41, 5.74) is 0.891. The van der Waals surface area contributed by atoms with Crippen LogP contribution in [-0.2, 0) is 25.8 Å². The van der Waals surface area contributed by atoms with Crippen molar-refractivity contribution in [1.82, 2.24) is 0 Å². The van der Waals surface area contributed by atoms with Gasteiger partial charge in [-0.1, -0.05) is 29.4 Å². The summed E-state index contributed by atoms with van der Waals surface area (Å²) in [4.78, 5) is 34.1. The molecule has 3 N–H and O–H groups in total. The van der Waals surface area contributed by atoms with Crippen molar-refractivity contribution < 1.29 is 43.6 Å². The molecule has 0 radical (unpaired) electrons. The first-order valence-electron chi connectivity index (χ1n) is 14.4. The van der Waals surface area contributed by atoms with Gasteiger partial charge < -0.3 is 34.0 Å². The number of fused-ring (bicyclic) bond motifs is 3. The molecule has 3 aliphatic rings. The van der Waals surface area contributed by atoms with Crippen molar-refractivity contribution in [2.75, 3.05) is 18.1 Å². The number of aliphatic hydroxyl groups excluding tert-OH is 3. The number of anilines is 1. The van der Waals surface area contributed by atoms with Crippen LogP contribution >= 0.6 is 0 Å². The zero-order valence-electron chi connectivity index (χ0n) is 23.4. The van der Waals surface area contributed by atoms with Crippen LogP contribution in [0.1, 0.15) is 25.0 Å². The summed E-state index contributed by atoms with van der Waals surface area (Å²) < 4.78 is 16.5. The number of aliphatic hydroxyl groups is 3. The van der Waals surface area contributed by atoms with Crippen LogP contribution in [0.25, 0.3) is 0 Å². The topological polar surface area (TPSA) is 151 Å². The minimum atomic E-state index is -1.21. The fourth-order valence-electron chi connectivity index (χ4n) is 6.48. The molecule has 11 nitrogen and oxygen atoms in total. The van der Waals surface area contributed by atoms with Gasteiger partial charge >= 0.3 is 0 Å². The Hall–Kier alpha value is -4.03. The van der Waals surface area contributed by atoms with E-state index >= 15 is 0 Å². The van der Waals surface area contributed by atoms with E-state index in [1.807, 2.05) is 30.3 Å². The number of para-hydroxylation sites is 1. The minimum Gasteiger partial charge on any atom is -0.467 e. The van der Waals surface area contributed by atoms with E-state index in [1.165, 1.54) is 11.2 Å². The number of imide groups is 1. The van der Waals surface area contributed by atoms with Crippen molar-refractivity contribution in [1.29, 1.82) is 0 Å². The molecule has 11 heteroatoms. The third-order valence-corrected chi connectivity index (χ3v) is 8.42. The minimum absolute atomic E-state index is 0.00668. The molecule has 226 valence electrons. The van der Waals surface area contributed by atoms with Crippen molar-refractivity contribution in [3.8, 4) is 11.5 Å². The van der Waals surface area contributed by atoms with Gasteiger partial charge in [0.05, 0.1) is 48.3 Å². The number of rotatable bonds is 10. The van der Waals surface area contributed by atoms with Gasteiger partial charge in [0.2, 0.25) is 11.8 Å². The van der Waals surface area contributed by atoms with Crippen LogP contribution in [0.5, 0.6) is 11.5 Å². The van der Waals surface area contributed by atoms with Crippen molar-refractivity contribution in [2.45, 2.75) is 44.2 Å². The standard InChI is InChI=1S/C32H34N2O9/c35-20(16-40-18-23-10-5-13-41-23)17-42-33-26-15-27(36)30(37)28-24(26)11-12-25-29(28)32(39)34(31(25)38)19-6-4-9-22(14-19)43-21-7-2-1-3-8-21/h1-10,13-14,20,24-25,27-30,35-37H,11-12,15-18H2/b33-26+/t20-,24+,25+,27+,28-,29+,30+/m0/s1. The van der Waals surface area contributed by atoms with Gasteiger partial charge in [-0.3, -0.25) is 9.59 Å². The van der Waals surface area contributed by atoms with Crippen molar-refractivity contribution in [3.63, 3.8) is 0 Å². The summed E-state index contributed by atoms with van der Waals surface area (Å²) in [6.45, 7) is 0.0755. The number of furan rings is 1. The molecule has 0 bridgehead atoms. The first-order chi connectivity index (χ1) is 20.9. The fourth-order valence-corrected chi connectivity index (χ4v) is 6.48. The summed E-state index contributed by atoms with van der Waals surface area (Å²) in [5.74, 6) is -1.53. The number of ether oxygens (including phenoxy) is 2. The summed E-state index contributed by atoms with van der Waals surface area (Å²) in [6, 6.07) is 19.5. The average molecular weight is 591 g/mol. The molecular formula is C32H34N2O9. The second-order valence-electron chi connectivity index (χ2n) is 11.2. The van der Waals surface area contributed by atoms with Gasteiger partial charge in [0.25, 0.3) is 0 Å². The van der Waals surface area contributed by atoms with E-state index in [4.69, 9.17) is 18.7 Å². The molecule has 2 aliphatic carbocycles. The molecule has 43 heavy (non-hydrogen) atoms. The number of benzene rings is 2. The molecule has 1 saturated heterocycles. The lowest BCUT2D eigenvalue weighted by Crippen LogP contribution is -2.54. The number of amides is 2. The zero-order chi connectivity index (χ0) is 29.9. The van der Waals surface area contributed by atoms with Crippen molar-refractivity contribution >= 4 is 23.2 Å². The molecule has 1 aromatic heterocycles. The number of hydrogen-bond donors (Lipinski definition) is 3. The molecule has 0 spiro atoms. The van der Waals surface area contributed by atoms with E-state index in [9.17, 15) is 24.9 Å². The largest absolute Gasteiger partial charge is 0.467 e. The molecule has 6 rings (SSSR count). The van der Waals surface area contributed by atoms with E-state index in [1.54, 1.807) is 36.4 Å². The number of carbonyl (C=O) groups is 2. The van der Waals surface area contributed by atoms with Gasteiger partial charge in [-0.25, -0.2) is 4.90 Å². The maximum Gasteiger partial charge on any atom is 0.238 e. The average Bonchev–Trinajstić information content (AvgIpc) is 3.62. The van der Waals surface area contributed by atoms with Gasteiger partial charge in [-0.05, 0) is 49.2 Å². The summed E-state index contributed by atoms with van der Waals surface area (Å²) >= 11 is 0. The van der Waals surface area contributed by atoms with Crippen molar-refractivity contribution in [2.24, 2.45) is 28.8 Å². The van der Waals surface area contributed by atoms with Crippen LogP contribution in [0, 0.1) is 23.7 Å². The van der Waals surface area contributed by atoms with E-state index in [0.29, 0.717) is 41.5 Å². The molecule has 2 amide bonds. The van der Waals surface area contributed by atoms with Crippen LogP contribution in [0.3, 0.4) is 0 Å². The van der Waals surface area contributed by atoms with Crippen LogP contribution in [0.15, 0.2) is 82.6 Å². The highest BCUT2D eigenvalue weighted by molar-refractivity contribution is 6.22. The Morgan fingerprint density at radius 3 is 2.51 bits per heavy atom. The second kappa shape index (κ2) is 12.7. The molecule has 2 aromatic carbocycles. The van der Waals surface area contributed by atoms with E-state index < -0.39 is 42.0 Å². The predicted octanol–water partition coefficient (Wildman–Crippen LogP) is 3.28. The molecule has 1 aliphatic heterocycles. The molecular weight excluding hydrogens is 556 g/mol. The lowest BCUT2D eigenvalue weighted by atomic mass is 9.60. The highest BCUT2D eigenvalue weighted by Gasteiger charge is 2.60. The maximum absolute atomic E-state index is 13.9. The smallest absolute Gasteiger partial charge is 0.238 e. The molecule has 2 heterocycles. The van der Waals surface area contributed by atoms with Crippen LogP contribution in [0.2, 0.25) is 0 Å². The molecule has 7 atom stereocenters. The molecule has 2 saturated carbocycles. The third kappa shape index (κ3) is 6.07. The third-order valence-electron chi connectivity index (χ3n) is 8.42. The number of hydrogen-bond acceptors (Lipinski definition) is 10. The van der Waals surface area contributed by atoms with Gasteiger partial charge in [-0.15, -0.1) is 0 Å². The fraction of sp³-hybridized carbons (Fsp3) is 0.406. The van der Waals surface area contributed by atoms with Crippen LogP contribution in [0.4, 0.5) is 5.69 Å². The second-order valence-corrected chi connectivity index (χ2v) is 11.2. The summed E-state index contributed by atoms with van der Waals surface area (Å²) in [6.07, 6.45) is -0.805. The van der Waals surface area contributed by atoms with E-state index in [0.717, 1.165) is 0 Å². The lowest BCUT2D eigenvalue weighted by molar-refractivity contribution is -0.132. The SMILES string of the molecule is O=C1[C@H]2[C@H]3[C@H](O)[C@H](O)C/C(=N\OC[C@@H](O)COCc4ccco4)[C@H]3CC[C@H]2C(=O)N1c1cccc(Oc2ccccc2)c1. The van der Waals surface area contributed by atoms with Gasteiger partial charge in [-0.2, -0.15) is 0 Å². The predicted molar refractivity (Wildman–Crippen MR) is 153 cm³/mol. The van der Waals surface area contributed by atoms with Gasteiger partial charge in [0, 0.05) is 24.3 Å². The zero-order valence-corrected chi connectivity index (χ0v) is 23.4. The maximum atomic E-state index is 13.9. The number of nitrogens with zero attached hydrogens (tertiary/aromatic N) is 2. The Bertz CT molecular complexity index is 1440. The van der Waals surface area contributed by atoms with Gasteiger partial charge in [0.1, 0.15) is 36.6 Å². The Balaban J connectivity index is 1.14. The van der Waals surface area contributed by atoms with E-state index in [-0.39, 0.29) is 38.1 Å². The summed E-state index contributed by atoms with van der Waals surface area (Å²) in [5, 5.41) is 36.3. The first kappa shape index (κ1) is 29.1. The Morgan fingerprint density at radius 2 is 1.72 bits per heavy atom. The van der Waals surface area contributed by atoms with Crippen LogP contribution in [-0.4, -0.2) is 64.4 Å². The normalized spacial score (nSPS) is 28.4. The Morgan fingerprint density at radius 1 is 0.930 bits per heavy atom. The van der Waals surface area contributed by atoms with Crippen molar-refractivity contribution in [3.05, 3.63) is 78.8 Å². The van der Waals surface area contributed by atoms with Gasteiger partial charge in [0.15, 0.2) is 0 Å². The quantitative estimate of drug-likeness (QED) is 0.239. The Kier molecular flexibility index (Phi) is 8.57.